The number of nitrogens with one attached hydrogen (secondary N) is 2. The normalized spacial score (nSPS) is 25.5. The summed E-state index contributed by atoms with van der Waals surface area (Å²) < 4.78 is 0. The van der Waals surface area contributed by atoms with Crippen LogP contribution in [-0.4, -0.2) is 48.0 Å². The fourth-order valence-electron chi connectivity index (χ4n) is 3.78. The molecule has 3 fully saturated rings. The van der Waals surface area contributed by atoms with Crippen LogP contribution < -0.4 is 10.6 Å². The maximum atomic E-state index is 12.6. The van der Waals surface area contributed by atoms with E-state index in [1.165, 1.54) is 31.2 Å². The first-order chi connectivity index (χ1) is 11.3. The summed E-state index contributed by atoms with van der Waals surface area (Å²) in [5.41, 5.74) is 1.19. The number of piperazine rings is 1. The van der Waals surface area contributed by atoms with Gasteiger partial charge in [0.1, 0.15) is 0 Å². The van der Waals surface area contributed by atoms with Crippen molar-refractivity contribution in [2.45, 2.75) is 37.8 Å². The predicted octanol–water partition coefficient (Wildman–Crippen LogP) is 1.33. The zero-order valence-corrected chi connectivity index (χ0v) is 13.6. The molecule has 5 nitrogen and oxygen atoms in total. The van der Waals surface area contributed by atoms with E-state index in [2.05, 4.69) is 26.6 Å². The highest BCUT2D eigenvalue weighted by Gasteiger charge is 2.42. The molecule has 5 heteroatoms. The molecule has 2 aliphatic carbocycles. The van der Waals surface area contributed by atoms with Gasteiger partial charge >= 0.3 is 0 Å². The molecule has 23 heavy (non-hydrogen) atoms. The van der Waals surface area contributed by atoms with Crippen LogP contribution in [0.25, 0.3) is 0 Å². The van der Waals surface area contributed by atoms with Crippen molar-refractivity contribution in [2.75, 3.05) is 26.2 Å². The SMILES string of the molecule is O=C(CN1CCNCC1c1cccnc1)NC(C1CC1)C1CC1. The zero-order chi connectivity index (χ0) is 15.6. The Hall–Kier alpha value is -1.46. The topological polar surface area (TPSA) is 57.3 Å². The van der Waals surface area contributed by atoms with E-state index in [0.717, 1.165) is 31.5 Å². The summed E-state index contributed by atoms with van der Waals surface area (Å²) in [6.07, 6.45) is 8.91. The Bertz CT molecular complexity index is 529. The van der Waals surface area contributed by atoms with Crippen LogP contribution in [0.5, 0.6) is 0 Å². The average molecular weight is 314 g/mol. The number of hydrogen-bond donors (Lipinski definition) is 2. The second kappa shape index (κ2) is 6.57. The molecular formula is C18H26N4O. The van der Waals surface area contributed by atoms with Gasteiger partial charge in [0, 0.05) is 44.1 Å². The van der Waals surface area contributed by atoms with E-state index in [-0.39, 0.29) is 11.9 Å². The van der Waals surface area contributed by atoms with Crippen molar-refractivity contribution < 1.29 is 4.79 Å². The molecule has 1 saturated heterocycles. The monoisotopic (exact) mass is 314 g/mol. The fraction of sp³-hybridized carbons (Fsp3) is 0.667. The summed E-state index contributed by atoms with van der Waals surface area (Å²) in [4.78, 5) is 19.1. The van der Waals surface area contributed by atoms with Crippen LogP contribution >= 0.6 is 0 Å². The van der Waals surface area contributed by atoms with Gasteiger partial charge in [0.15, 0.2) is 0 Å². The first-order valence-corrected chi connectivity index (χ1v) is 8.95. The largest absolute Gasteiger partial charge is 0.352 e. The minimum absolute atomic E-state index is 0.199. The Morgan fingerprint density at radius 1 is 1.35 bits per heavy atom. The second-order valence-electron chi connectivity index (χ2n) is 7.24. The molecular weight excluding hydrogens is 288 g/mol. The summed E-state index contributed by atoms with van der Waals surface area (Å²) >= 11 is 0. The van der Waals surface area contributed by atoms with Gasteiger partial charge in [0.05, 0.1) is 6.54 Å². The molecule has 1 aliphatic heterocycles. The van der Waals surface area contributed by atoms with Crippen molar-refractivity contribution in [2.24, 2.45) is 11.8 Å². The highest BCUT2D eigenvalue weighted by molar-refractivity contribution is 5.78. The van der Waals surface area contributed by atoms with Gasteiger partial charge in [-0.3, -0.25) is 14.7 Å². The van der Waals surface area contributed by atoms with E-state index in [9.17, 15) is 4.79 Å². The van der Waals surface area contributed by atoms with Crippen molar-refractivity contribution in [3.63, 3.8) is 0 Å². The molecule has 1 aromatic rings. The van der Waals surface area contributed by atoms with Crippen molar-refractivity contribution in [1.29, 1.82) is 0 Å². The fourth-order valence-corrected chi connectivity index (χ4v) is 3.78. The van der Waals surface area contributed by atoms with Gasteiger partial charge in [0.2, 0.25) is 5.91 Å². The third-order valence-corrected chi connectivity index (χ3v) is 5.36. The molecule has 4 rings (SSSR count). The molecule has 0 bridgehead atoms. The minimum atomic E-state index is 0.199. The number of aromatic nitrogens is 1. The van der Waals surface area contributed by atoms with E-state index in [1.54, 1.807) is 6.20 Å². The molecule has 2 heterocycles. The maximum absolute atomic E-state index is 12.6. The van der Waals surface area contributed by atoms with Crippen LogP contribution in [0.1, 0.15) is 37.3 Å². The molecule has 1 atom stereocenters. The molecule has 124 valence electrons. The van der Waals surface area contributed by atoms with Crippen molar-refractivity contribution >= 4 is 5.91 Å². The summed E-state index contributed by atoms with van der Waals surface area (Å²) in [5.74, 6) is 1.71. The molecule has 3 aliphatic rings. The summed E-state index contributed by atoms with van der Waals surface area (Å²) in [7, 11) is 0. The smallest absolute Gasteiger partial charge is 0.234 e. The van der Waals surface area contributed by atoms with E-state index in [1.807, 2.05) is 12.3 Å². The molecule has 2 N–H and O–H groups in total. The van der Waals surface area contributed by atoms with Crippen molar-refractivity contribution in [3.8, 4) is 0 Å². The Labute approximate surface area is 137 Å². The minimum Gasteiger partial charge on any atom is -0.352 e. The van der Waals surface area contributed by atoms with Gasteiger partial charge in [-0.1, -0.05) is 6.07 Å². The first kappa shape index (κ1) is 15.1. The van der Waals surface area contributed by atoms with Crippen molar-refractivity contribution in [1.82, 2.24) is 20.5 Å². The quantitative estimate of drug-likeness (QED) is 0.832. The molecule has 0 radical (unpaired) electrons. The maximum Gasteiger partial charge on any atom is 0.234 e. The lowest BCUT2D eigenvalue weighted by Crippen LogP contribution is -2.51. The van der Waals surface area contributed by atoms with Gasteiger partial charge in [-0.15, -0.1) is 0 Å². The van der Waals surface area contributed by atoms with Gasteiger partial charge < -0.3 is 10.6 Å². The number of amides is 1. The number of pyridine rings is 1. The molecule has 1 unspecified atom stereocenters. The van der Waals surface area contributed by atoms with Crippen LogP contribution in [0.3, 0.4) is 0 Å². The average Bonchev–Trinajstić information content (AvgIpc) is 3.48. The first-order valence-electron chi connectivity index (χ1n) is 8.95. The highest BCUT2D eigenvalue weighted by atomic mass is 16.2. The number of carbonyl (C=O) groups excluding carboxylic acids is 1. The van der Waals surface area contributed by atoms with Gasteiger partial charge in [-0.25, -0.2) is 0 Å². The Morgan fingerprint density at radius 3 is 2.78 bits per heavy atom. The zero-order valence-electron chi connectivity index (χ0n) is 13.6. The van der Waals surface area contributed by atoms with Crippen LogP contribution in [0.2, 0.25) is 0 Å². The standard InChI is InChI=1S/C18H26N4O/c23-17(21-18(13-3-4-13)14-5-6-14)12-22-9-8-20-11-16(22)15-2-1-7-19-10-15/h1-2,7,10,13-14,16,18,20H,3-6,8-9,11-12H2,(H,21,23). The number of hydrogen-bond acceptors (Lipinski definition) is 4. The van der Waals surface area contributed by atoms with E-state index >= 15 is 0 Å². The lowest BCUT2D eigenvalue weighted by Gasteiger charge is -2.36. The Kier molecular flexibility index (Phi) is 4.31. The number of rotatable bonds is 6. The van der Waals surface area contributed by atoms with Crippen molar-refractivity contribution in [3.05, 3.63) is 30.1 Å². The Morgan fingerprint density at radius 2 is 2.13 bits per heavy atom. The number of carbonyl (C=O) groups is 1. The highest BCUT2D eigenvalue weighted by Crippen LogP contribution is 2.44. The van der Waals surface area contributed by atoms with Crippen LogP contribution in [0, 0.1) is 11.8 Å². The molecule has 1 amide bonds. The molecule has 0 aromatic carbocycles. The van der Waals surface area contributed by atoms with E-state index < -0.39 is 0 Å². The Balaban J connectivity index is 1.38. The second-order valence-corrected chi connectivity index (χ2v) is 7.24. The van der Waals surface area contributed by atoms with Gasteiger partial charge in [0.25, 0.3) is 0 Å². The molecule has 0 spiro atoms. The lowest BCUT2D eigenvalue weighted by atomic mass is 10.0. The van der Waals surface area contributed by atoms with Crippen LogP contribution in [0.15, 0.2) is 24.5 Å². The molecule has 2 saturated carbocycles. The predicted molar refractivity (Wildman–Crippen MR) is 88.8 cm³/mol. The lowest BCUT2D eigenvalue weighted by molar-refractivity contribution is -0.124. The van der Waals surface area contributed by atoms with Crippen LogP contribution in [-0.2, 0) is 4.79 Å². The number of nitrogens with zero attached hydrogens (tertiary/aromatic N) is 2. The summed E-state index contributed by atoms with van der Waals surface area (Å²) in [6, 6.07) is 4.76. The van der Waals surface area contributed by atoms with Crippen LogP contribution in [0.4, 0.5) is 0 Å². The van der Waals surface area contributed by atoms with E-state index in [4.69, 9.17) is 0 Å². The summed E-state index contributed by atoms with van der Waals surface area (Å²) in [5, 5.41) is 6.78. The van der Waals surface area contributed by atoms with Gasteiger partial charge in [-0.2, -0.15) is 0 Å². The molecule has 1 aromatic heterocycles. The van der Waals surface area contributed by atoms with E-state index in [0.29, 0.717) is 12.6 Å². The van der Waals surface area contributed by atoms with Gasteiger partial charge in [-0.05, 0) is 49.1 Å². The summed E-state index contributed by atoms with van der Waals surface area (Å²) in [6.45, 7) is 3.23. The third-order valence-electron chi connectivity index (χ3n) is 5.36. The third kappa shape index (κ3) is 3.72.